The minimum absolute atomic E-state index is 0.377. The molecular formula is C20H42N2O4. The molecule has 0 heterocycles. The van der Waals surface area contributed by atoms with Crippen LogP contribution in [0.2, 0.25) is 0 Å². The third-order valence-corrected chi connectivity index (χ3v) is 3.91. The first-order valence-electron chi connectivity index (χ1n) is 9.48. The van der Waals surface area contributed by atoms with Crippen LogP contribution in [-0.2, 0) is 19.1 Å². The van der Waals surface area contributed by atoms with Crippen LogP contribution in [0.5, 0.6) is 0 Å². The highest BCUT2D eigenvalue weighted by molar-refractivity contribution is 5.82. The molecule has 3 atom stereocenters. The summed E-state index contributed by atoms with van der Waals surface area (Å²) in [6.45, 7) is 12.6. The van der Waals surface area contributed by atoms with Crippen molar-refractivity contribution >= 4 is 12.6 Å². The fourth-order valence-electron chi connectivity index (χ4n) is 2.38. The predicted molar refractivity (Wildman–Crippen MR) is 108 cm³/mol. The standard InChI is InChI=1S/C15H34N2O2.C5H8O2/c1-12(2)7-15(19-6)8-13(3)9-17-14(10-16-4)11-18-5;1-5(2,3-6)4-7/h12-17H,7-11H2,1-6H3;3-4H,1-2H3/t13-,14+,15?;/m1./s1. The van der Waals surface area contributed by atoms with Gasteiger partial charge in [0.2, 0.25) is 0 Å². The summed E-state index contributed by atoms with van der Waals surface area (Å²) in [5, 5.41) is 6.75. The molecule has 0 aliphatic rings. The summed E-state index contributed by atoms with van der Waals surface area (Å²) in [6.07, 6.45) is 3.88. The number of rotatable bonds is 14. The largest absolute Gasteiger partial charge is 0.383 e. The first-order valence-corrected chi connectivity index (χ1v) is 9.48. The molecule has 0 aliphatic heterocycles. The van der Waals surface area contributed by atoms with E-state index in [1.54, 1.807) is 21.0 Å². The van der Waals surface area contributed by atoms with Crippen LogP contribution < -0.4 is 10.6 Å². The molecule has 0 aromatic carbocycles. The van der Waals surface area contributed by atoms with Crippen molar-refractivity contribution in [3.63, 3.8) is 0 Å². The Labute approximate surface area is 160 Å². The Morgan fingerprint density at radius 3 is 1.92 bits per heavy atom. The molecule has 0 radical (unpaired) electrons. The normalized spacial score (nSPS) is 15.0. The van der Waals surface area contributed by atoms with E-state index in [9.17, 15) is 9.59 Å². The second kappa shape index (κ2) is 16.4. The molecule has 0 bridgehead atoms. The van der Waals surface area contributed by atoms with Crippen molar-refractivity contribution in [2.45, 2.75) is 59.6 Å². The Kier molecular flexibility index (Phi) is 17.2. The van der Waals surface area contributed by atoms with Crippen LogP contribution in [0.25, 0.3) is 0 Å². The van der Waals surface area contributed by atoms with Crippen molar-refractivity contribution in [1.29, 1.82) is 0 Å². The monoisotopic (exact) mass is 374 g/mol. The number of carbonyl (C=O) groups is 2. The van der Waals surface area contributed by atoms with E-state index < -0.39 is 5.41 Å². The molecular weight excluding hydrogens is 332 g/mol. The van der Waals surface area contributed by atoms with E-state index >= 15 is 0 Å². The van der Waals surface area contributed by atoms with Gasteiger partial charge >= 0.3 is 0 Å². The highest BCUT2D eigenvalue weighted by atomic mass is 16.5. The summed E-state index contributed by atoms with van der Waals surface area (Å²) in [5.41, 5.74) is -0.778. The number of nitrogens with one attached hydrogen (secondary N) is 2. The molecule has 26 heavy (non-hydrogen) atoms. The van der Waals surface area contributed by atoms with Gasteiger partial charge in [-0.2, -0.15) is 0 Å². The zero-order chi connectivity index (χ0) is 20.6. The second-order valence-electron chi connectivity index (χ2n) is 8.00. The fraction of sp³-hybridized carbons (Fsp3) is 0.900. The zero-order valence-corrected chi connectivity index (χ0v) is 18.1. The molecule has 0 aromatic rings. The van der Waals surface area contributed by atoms with Gasteiger partial charge in [-0.1, -0.05) is 20.8 Å². The number of likely N-dealkylation sites (N-methyl/N-ethyl adjacent to an activating group) is 1. The van der Waals surface area contributed by atoms with Crippen LogP contribution >= 0.6 is 0 Å². The first-order chi connectivity index (χ1) is 12.1. The number of carbonyl (C=O) groups excluding carboxylic acids is 2. The molecule has 0 spiro atoms. The number of aldehydes is 2. The van der Waals surface area contributed by atoms with Gasteiger partial charge in [-0.3, -0.25) is 0 Å². The number of hydrogen-bond donors (Lipinski definition) is 2. The lowest BCUT2D eigenvalue weighted by molar-refractivity contribution is -0.124. The minimum Gasteiger partial charge on any atom is -0.383 e. The van der Waals surface area contributed by atoms with Gasteiger partial charge in [0, 0.05) is 26.8 Å². The van der Waals surface area contributed by atoms with Crippen LogP contribution in [0.4, 0.5) is 0 Å². The lowest BCUT2D eigenvalue weighted by Crippen LogP contribution is -2.43. The van der Waals surface area contributed by atoms with E-state index in [1.807, 2.05) is 14.2 Å². The van der Waals surface area contributed by atoms with Crippen molar-refractivity contribution in [2.24, 2.45) is 17.3 Å². The number of methoxy groups -OCH3 is 2. The van der Waals surface area contributed by atoms with Crippen molar-refractivity contribution < 1.29 is 19.1 Å². The first kappa shape index (κ1) is 27.4. The van der Waals surface area contributed by atoms with E-state index in [-0.39, 0.29) is 0 Å². The third kappa shape index (κ3) is 16.6. The second-order valence-corrected chi connectivity index (χ2v) is 8.00. The summed E-state index contributed by atoms with van der Waals surface area (Å²) in [6, 6.07) is 0.378. The topological polar surface area (TPSA) is 76.7 Å². The van der Waals surface area contributed by atoms with Gasteiger partial charge < -0.3 is 29.7 Å². The lowest BCUT2D eigenvalue weighted by Gasteiger charge is -2.24. The van der Waals surface area contributed by atoms with Crippen molar-refractivity contribution in [3.8, 4) is 0 Å². The minimum atomic E-state index is -0.778. The average molecular weight is 375 g/mol. The maximum atomic E-state index is 9.83. The molecule has 2 N–H and O–H groups in total. The molecule has 1 unspecified atom stereocenters. The molecule has 0 fully saturated rings. The average Bonchev–Trinajstić information content (AvgIpc) is 2.59. The van der Waals surface area contributed by atoms with Gasteiger partial charge in [0.15, 0.2) is 0 Å². The van der Waals surface area contributed by atoms with Crippen LogP contribution in [0, 0.1) is 17.3 Å². The van der Waals surface area contributed by atoms with Gasteiger partial charge in [-0.15, -0.1) is 0 Å². The van der Waals surface area contributed by atoms with Gasteiger partial charge in [0.05, 0.1) is 18.1 Å². The highest BCUT2D eigenvalue weighted by Gasteiger charge is 2.15. The molecule has 6 nitrogen and oxygen atoms in total. The number of hydrogen-bond acceptors (Lipinski definition) is 6. The van der Waals surface area contributed by atoms with Gasteiger partial charge in [-0.05, 0) is 52.1 Å². The van der Waals surface area contributed by atoms with Crippen molar-refractivity contribution in [2.75, 3.05) is 41.0 Å². The van der Waals surface area contributed by atoms with Gasteiger partial charge in [0.25, 0.3) is 0 Å². The van der Waals surface area contributed by atoms with Crippen molar-refractivity contribution in [1.82, 2.24) is 10.6 Å². The summed E-state index contributed by atoms with van der Waals surface area (Å²) < 4.78 is 10.8. The van der Waals surface area contributed by atoms with Crippen LogP contribution in [-0.4, -0.2) is 65.7 Å². The highest BCUT2D eigenvalue weighted by Crippen LogP contribution is 2.15. The smallest absolute Gasteiger partial charge is 0.132 e. The summed E-state index contributed by atoms with van der Waals surface area (Å²) in [5.74, 6) is 1.30. The Balaban J connectivity index is 0. The van der Waals surface area contributed by atoms with E-state index in [4.69, 9.17) is 9.47 Å². The lowest BCUT2D eigenvalue weighted by atomic mass is 9.96. The molecule has 0 saturated heterocycles. The third-order valence-electron chi connectivity index (χ3n) is 3.91. The molecule has 6 heteroatoms. The predicted octanol–water partition coefficient (Wildman–Crippen LogP) is 2.31. The van der Waals surface area contributed by atoms with E-state index in [1.165, 1.54) is 0 Å². The summed E-state index contributed by atoms with van der Waals surface area (Å²) >= 11 is 0. The van der Waals surface area contributed by atoms with E-state index in [2.05, 4.69) is 31.4 Å². The Hall–Kier alpha value is -0.820. The van der Waals surface area contributed by atoms with Crippen LogP contribution in [0.3, 0.4) is 0 Å². The SMILES string of the molecule is CC(C)(C=O)C=O.CNC[C@@H](COC)NC[C@H](C)CC(CC(C)C)OC. The molecule has 0 aliphatic carbocycles. The molecule has 0 rings (SSSR count). The zero-order valence-electron chi connectivity index (χ0n) is 18.1. The van der Waals surface area contributed by atoms with Crippen LogP contribution in [0.15, 0.2) is 0 Å². The Morgan fingerprint density at radius 1 is 1.00 bits per heavy atom. The molecule has 0 saturated carbocycles. The number of ether oxygens (including phenoxy) is 2. The summed E-state index contributed by atoms with van der Waals surface area (Å²) in [4.78, 5) is 19.7. The molecule has 0 amide bonds. The van der Waals surface area contributed by atoms with Gasteiger partial charge in [-0.25, -0.2) is 0 Å². The summed E-state index contributed by atoms with van der Waals surface area (Å²) in [7, 11) is 5.54. The van der Waals surface area contributed by atoms with Crippen LogP contribution in [0.1, 0.15) is 47.5 Å². The van der Waals surface area contributed by atoms with Gasteiger partial charge in [0.1, 0.15) is 12.6 Å². The van der Waals surface area contributed by atoms with Crippen molar-refractivity contribution in [3.05, 3.63) is 0 Å². The Bertz CT molecular complexity index is 333. The Morgan fingerprint density at radius 2 is 1.58 bits per heavy atom. The van der Waals surface area contributed by atoms with E-state index in [0.29, 0.717) is 36.6 Å². The quantitative estimate of drug-likeness (QED) is 0.359. The molecule has 156 valence electrons. The fourth-order valence-corrected chi connectivity index (χ4v) is 2.38. The van der Waals surface area contributed by atoms with E-state index in [0.717, 1.165) is 32.5 Å². The maximum Gasteiger partial charge on any atom is 0.132 e. The maximum absolute atomic E-state index is 9.83. The molecule has 0 aromatic heterocycles.